The molecule has 0 aromatic heterocycles. The first-order valence-corrected chi connectivity index (χ1v) is 13.5. The van der Waals surface area contributed by atoms with E-state index in [-0.39, 0.29) is 22.3 Å². The van der Waals surface area contributed by atoms with Crippen LogP contribution in [-0.2, 0) is 19.9 Å². The molecule has 0 amide bonds. The molecule has 7 heteroatoms. The fraction of sp³-hybridized carbons (Fsp3) is 0.417. The maximum Gasteiger partial charge on any atom is 0.291 e. The molecule has 1 N–H and O–H groups in total. The molecule has 1 fully saturated rings. The minimum atomic E-state index is -4.12. The molecule has 5 nitrogen and oxygen atoms in total. The predicted octanol–water partition coefficient (Wildman–Crippen LogP) is 5.01. The molecule has 2 aromatic rings. The number of hydrogen-bond acceptors (Lipinski definition) is 3. The van der Waals surface area contributed by atoms with Gasteiger partial charge in [-0.3, -0.25) is 0 Å². The van der Waals surface area contributed by atoms with E-state index in [0.717, 1.165) is 17.5 Å². The van der Waals surface area contributed by atoms with Crippen molar-refractivity contribution >= 4 is 19.9 Å². The summed E-state index contributed by atoms with van der Waals surface area (Å²) in [6.07, 6.45) is 3.12. The van der Waals surface area contributed by atoms with Crippen molar-refractivity contribution in [1.82, 2.24) is 4.72 Å². The topological polar surface area (TPSA) is 75.6 Å². The van der Waals surface area contributed by atoms with Gasteiger partial charge in [0.1, 0.15) is 0 Å². The van der Waals surface area contributed by atoms with Crippen molar-refractivity contribution in [2.45, 2.75) is 56.9 Å². The highest BCUT2D eigenvalue weighted by Gasteiger charge is 2.54. The number of hydrogen-bond donors (Lipinski definition) is 1. The van der Waals surface area contributed by atoms with E-state index < -0.39 is 19.9 Å². The average molecular weight is 459 g/mol. The number of nitrogens with one attached hydrogen (secondary N) is 1. The molecule has 2 bridgehead atoms. The second kappa shape index (κ2) is 7.57. The predicted molar refractivity (Wildman–Crippen MR) is 124 cm³/mol. The van der Waals surface area contributed by atoms with Gasteiger partial charge in [0.15, 0.2) is 9.92 Å². The third-order valence-electron chi connectivity index (χ3n) is 6.93. The van der Waals surface area contributed by atoms with Gasteiger partial charge >= 0.3 is 0 Å². The zero-order valence-corrected chi connectivity index (χ0v) is 20.3. The van der Waals surface area contributed by atoms with E-state index >= 15 is 0 Å². The highest BCUT2D eigenvalue weighted by Crippen LogP contribution is 2.59. The zero-order valence-electron chi connectivity index (χ0n) is 18.6. The van der Waals surface area contributed by atoms with E-state index in [1.54, 1.807) is 24.3 Å². The molecule has 1 unspecified atom stereocenters. The molecular weight excluding hydrogens is 428 g/mol. The van der Waals surface area contributed by atoms with Crippen molar-refractivity contribution < 1.29 is 12.6 Å². The van der Waals surface area contributed by atoms with Crippen LogP contribution in [0.3, 0.4) is 0 Å². The largest absolute Gasteiger partial charge is 0.291 e. The van der Waals surface area contributed by atoms with Crippen molar-refractivity contribution in [3.05, 3.63) is 71.3 Å². The summed E-state index contributed by atoms with van der Waals surface area (Å²) in [4.78, 5) is 0.415. The molecule has 166 valence electrons. The zero-order chi connectivity index (χ0) is 22.6. The van der Waals surface area contributed by atoms with Gasteiger partial charge in [-0.2, -0.15) is 8.42 Å². The summed E-state index contributed by atoms with van der Waals surface area (Å²) in [7, 11) is -7.56. The van der Waals surface area contributed by atoms with Crippen LogP contribution < -0.4 is 4.72 Å². The number of benzene rings is 2. The molecular formula is C24H30N2O3S2. The summed E-state index contributed by atoms with van der Waals surface area (Å²) in [5.74, 6) is 0.809. The van der Waals surface area contributed by atoms with E-state index in [1.165, 1.54) is 17.7 Å². The van der Waals surface area contributed by atoms with Gasteiger partial charge in [0.25, 0.3) is 10.0 Å². The molecule has 0 heterocycles. The standard InChI is InChI=1S/C24H30N2O3S2/c1-16-6-10-19(11-7-16)30(27,26-31(28,29)20-12-8-17(2)9-13-20)25-23-14-18(3)21-15-22(23)24(21,4)5/h6-14,21-23H,15H2,1-5H3,(H,25,26,27)/t21-,22+,23+,30?/m0/s1. The molecule has 3 aliphatic carbocycles. The molecule has 31 heavy (non-hydrogen) atoms. The Hall–Kier alpha value is -1.96. The Bertz CT molecular complexity index is 1250. The fourth-order valence-corrected chi connectivity index (χ4v) is 8.59. The molecule has 0 spiro atoms. The second-order valence-electron chi connectivity index (χ2n) is 9.47. The average Bonchev–Trinajstić information content (AvgIpc) is 2.67. The highest BCUT2D eigenvalue weighted by atomic mass is 32.3. The third kappa shape index (κ3) is 3.99. The fourth-order valence-electron chi connectivity index (χ4n) is 4.90. The summed E-state index contributed by atoms with van der Waals surface area (Å²) in [5.41, 5.74) is 3.29. The van der Waals surface area contributed by atoms with Crippen LogP contribution in [0.15, 0.2) is 73.7 Å². The number of aryl methyl sites for hydroxylation is 2. The Balaban J connectivity index is 1.82. The van der Waals surface area contributed by atoms with E-state index in [9.17, 15) is 12.6 Å². The van der Waals surface area contributed by atoms with Gasteiger partial charge in [-0.05, 0) is 68.7 Å². The second-order valence-corrected chi connectivity index (χ2v) is 13.2. The smallest absolute Gasteiger partial charge is 0.228 e. The Morgan fingerprint density at radius 2 is 1.39 bits per heavy atom. The molecule has 0 saturated heterocycles. The van der Waals surface area contributed by atoms with Crippen molar-refractivity contribution in [2.24, 2.45) is 21.0 Å². The maximum absolute atomic E-state index is 14.2. The van der Waals surface area contributed by atoms with E-state index in [0.29, 0.717) is 10.8 Å². The van der Waals surface area contributed by atoms with Crippen LogP contribution in [0.1, 0.15) is 38.3 Å². The first kappa shape index (κ1) is 22.2. The van der Waals surface area contributed by atoms with Crippen molar-refractivity contribution in [3.63, 3.8) is 0 Å². The van der Waals surface area contributed by atoms with E-state index in [2.05, 4.69) is 35.3 Å². The van der Waals surface area contributed by atoms with Crippen LogP contribution in [0.25, 0.3) is 0 Å². The van der Waals surface area contributed by atoms with Crippen molar-refractivity contribution in [2.75, 3.05) is 0 Å². The molecule has 4 atom stereocenters. The first-order chi connectivity index (χ1) is 14.4. The van der Waals surface area contributed by atoms with Gasteiger partial charge < -0.3 is 0 Å². The van der Waals surface area contributed by atoms with E-state index in [4.69, 9.17) is 0 Å². The van der Waals surface area contributed by atoms with Crippen molar-refractivity contribution in [1.29, 1.82) is 0 Å². The lowest BCUT2D eigenvalue weighted by Crippen LogP contribution is -2.58. The first-order valence-electron chi connectivity index (χ1n) is 10.5. The van der Waals surface area contributed by atoms with Gasteiger partial charge in [-0.15, -0.1) is 0 Å². The summed E-state index contributed by atoms with van der Waals surface area (Å²) >= 11 is 0. The molecule has 3 aliphatic rings. The van der Waals surface area contributed by atoms with Crippen LogP contribution in [0.2, 0.25) is 0 Å². The molecule has 1 saturated carbocycles. The van der Waals surface area contributed by atoms with Gasteiger partial charge in [0, 0.05) is 6.04 Å². The van der Waals surface area contributed by atoms with E-state index in [1.807, 2.05) is 26.0 Å². The quantitative estimate of drug-likeness (QED) is 0.640. The molecule has 0 radical (unpaired) electrons. The Kier molecular flexibility index (Phi) is 5.43. The number of allylic oxidation sites excluding steroid dienone is 1. The molecule has 2 aromatic carbocycles. The lowest BCUT2D eigenvalue weighted by Gasteiger charge is -2.59. The normalized spacial score (nSPS) is 26.4. The van der Waals surface area contributed by atoms with Crippen LogP contribution in [0.5, 0.6) is 0 Å². The number of nitrogens with zero attached hydrogens (tertiary/aromatic N) is 1. The maximum atomic E-state index is 14.2. The summed E-state index contributed by atoms with van der Waals surface area (Å²) in [6, 6.07) is 13.3. The minimum Gasteiger partial charge on any atom is -0.228 e. The van der Waals surface area contributed by atoms with Crippen molar-refractivity contribution in [3.8, 4) is 0 Å². The lowest BCUT2D eigenvalue weighted by atomic mass is 9.48. The lowest BCUT2D eigenvalue weighted by molar-refractivity contribution is -0.0203. The van der Waals surface area contributed by atoms with Crippen LogP contribution >= 0.6 is 0 Å². The highest BCUT2D eigenvalue weighted by molar-refractivity contribution is 8.02. The third-order valence-corrected chi connectivity index (χ3v) is 10.9. The van der Waals surface area contributed by atoms with Gasteiger partial charge in [-0.1, -0.05) is 64.7 Å². The summed E-state index contributed by atoms with van der Waals surface area (Å²) in [5, 5.41) is 0. The van der Waals surface area contributed by atoms with Crippen LogP contribution in [-0.4, -0.2) is 18.7 Å². The Morgan fingerprint density at radius 1 is 0.871 bits per heavy atom. The van der Waals surface area contributed by atoms with Crippen LogP contribution in [0, 0.1) is 31.1 Å². The summed E-state index contributed by atoms with van der Waals surface area (Å²) < 4.78 is 47.7. The SMILES string of the molecule is CC1=C[C@@H](NS(=O)(=NS(=O)(=O)c2ccc(C)cc2)c2ccc(C)cc2)[C@H]2C[C@@H]1C2(C)C. The van der Waals surface area contributed by atoms with Gasteiger partial charge in [0.2, 0.25) is 0 Å². The number of sulfonamides is 1. The minimum absolute atomic E-state index is 0.0409. The Labute approximate surface area is 186 Å². The monoisotopic (exact) mass is 458 g/mol. The Morgan fingerprint density at radius 3 is 1.87 bits per heavy atom. The van der Waals surface area contributed by atoms with Gasteiger partial charge in [0.05, 0.1) is 9.79 Å². The van der Waals surface area contributed by atoms with Gasteiger partial charge in [-0.25, -0.2) is 8.93 Å². The molecule has 0 aliphatic heterocycles. The molecule has 5 rings (SSSR count). The summed E-state index contributed by atoms with van der Waals surface area (Å²) in [6.45, 7) is 10.4. The van der Waals surface area contributed by atoms with Crippen LogP contribution in [0.4, 0.5) is 0 Å². The number of rotatable bonds is 5. The number of fused-ring (bicyclic) bond motifs is 1.